The van der Waals surface area contributed by atoms with Crippen LogP contribution < -0.4 is 10.6 Å². The van der Waals surface area contributed by atoms with Gasteiger partial charge in [-0.25, -0.2) is 0 Å². The highest BCUT2D eigenvalue weighted by molar-refractivity contribution is 6.33. The molecule has 2 N–H and O–H groups in total. The predicted molar refractivity (Wildman–Crippen MR) is 63.5 cm³/mol. The number of nitrogens with zero attached hydrogens (tertiary/aromatic N) is 1. The monoisotopic (exact) mass is 222 g/mol. The maximum atomic E-state index is 6.25. The highest BCUT2D eigenvalue weighted by atomic mass is 35.5. The first-order valence-electron chi connectivity index (χ1n) is 5.55. The second kappa shape index (κ2) is 3.39. The molecular weight excluding hydrogens is 208 g/mol. The average Bonchev–Trinajstić information content (AvgIpc) is 2.57. The molecule has 0 aromatic heterocycles. The van der Waals surface area contributed by atoms with Crippen molar-refractivity contribution in [3.8, 4) is 0 Å². The third-order valence-corrected chi connectivity index (χ3v) is 3.86. The summed E-state index contributed by atoms with van der Waals surface area (Å²) < 4.78 is 0. The van der Waals surface area contributed by atoms with Gasteiger partial charge in [-0.1, -0.05) is 23.7 Å². The van der Waals surface area contributed by atoms with E-state index in [9.17, 15) is 0 Å². The Morgan fingerprint density at radius 1 is 1.33 bits per heavy atom. The third kappa shape index (κ3) is 1.44. The van der Waals surface area contributed by atoms with E-state index in [0.29, 0.717) is 12.1 Å². The number of benzene rings is 1. The van der Waals surface area contributed by atoms with Crippen LogP contribution in [0, 0.1) is 0 Å². The first-order chi connectivity index (χ1) is 7.25. The Morgan fingerprint density at radius 3 is 3.07 bits per heavy atom. The lowest BCUT2D eigenvalue weighted by molar-refractivity contribution is 0.433. The summed E-state index contributed by atoms with van der Waals surface area (Å²) >= 11 is 6.25. The van der Waals surface area contributed by atoms with E-state index < -0.39 is 0 Å². The molecule has 2 aliphatic rings. The molecule has 80 valence electrons. The van der Waals surface area contributed by atoms with Crippen LogP contribution in [0.3, 0.4) is 0 Å². The minimum Gasteiger partial charge on any atom is -0.365 e. The van der Waals surface area contributed by atoms with Gasteiger partial charge in [0.15, 0.2) is 0 Å². The van der Waals surface area contributed by atoms with E-state index in [1.165, 1.54) is 17.7 Å². The summed E-state index contributed by atoms with van der Waals surface area (Å²) in [6.45, 7) is 0.960. The van der Waals surface area contributed by atoms with Gasteiger partial charge in [-0.3, -0.25) is 0 Å². The SMILES string of the molecule is NC1CCC2Cc3cccc(Cl)c3N2C1. The molecule has 3 rings (SSSR count). The normalized spacial score (nSPS) is 28.8. The largest absolute Gasteiger partial charge is 0.365 e. The maximum absolute atomic E-state index is 6.25. The molecule has 0 aliphatic carbocycles. The lowest BCUT2D eigenvalue weighted by atomic mass is 9.99. The van der Waals surface area contributed by atoms with Gasteiger partial charge in [0.1, 0.15) is 0 Å². The molecule has 2 heterocycles. The lowest BCUT2D eigenvalue weighted by Crippen LogP contribution is -2.47. The highest BCUT2D eigenvalue weighted by Crippen LogP contribution is 2.41. The topological polar surface area (TPSA) is 29.3 Å². The standard InChI is InChI=1S/C12H15ClN2/c13-11-3-1-2-8-6-10-5-4-9(14)7-15(10)12(8)11/h1-3,9-10H,4-7,14H2. The lowest BCUT2D eigenvalue weighted by Gasteiger charge is -2.35. The minimum atomic E-state index is 0.309. The summed E-state index contributed by atoms with van der Waals surface area (Å²) in [6.07, 6.45) is 3.49. The Kier molecular flexibility index (Phi) is 2.15. The van der Waals surface area contributed by atoms with E-state index in [0.717, 1.165) is 24.4 Å². The molecule has 2 atom stereocenters. The second-order valence-electron chi connectivity index (χ2n) is 4.60. The summed E-state index contributed by atoms with van der Waals surface area (Å²) in [5.41, 5.74) is 8.64. The van der Waals surface area contributed by atoms with Gasteiger partial charge in [-0.15, -0.1) is 0 Å². The molecule has 1 aromatic carbocycles. The van der Waals surface area contributed by atoms with Gasteiger partial charge in [-0.05, 0) is 30.9 Å². The van der Waals surface area contributed by atoms with Crippen LogP contribution in [0.4, 0.5) is 5.69 Å². The molecule has 15 heavy (non-hydrogen) atoms. The van der Waals surface area contributed by atoms with Crippen LogP contribution in [-0.2, 0) is 6.42 Å². The summed E-state index contributed by atoms with van der Waals surface area (Å²) in [4.78, 5) is 2.41. The predicted octanol–water partition coefficient (Wildman–Crippen LogP) is 2.19. The number of rotatable bonds is 0. The maximum Gasteiger partial charge on any atom is 0.0642 e. The quantitative estimate of drug-likeness (QED) is 0.729. The molecule has 0 spiro atoms. The fourth-order valence-electron chi connectivity index (χ4n) is 2.84. The Morgan fingerprint density at radius 2 is 2.20 bits per heavy atom. The summed E-state index contributed by atoms with van der Waals surface area (Å²) in [6, 6.07) is 7.15. The molecule has 3 heteroatoms. The summed E-state index contributed by atoms with van der Waals surface area (Å²) in [5, 5.41) is 0.879. The van der Waals surface area contributed by atoms with Crippen LogP contribution in [0.5, 0.6) is 0 Å². The van der Waals surface area contributed by atoms with Gasteiger partial charge in [-0.2, -0.15) is 0 Å². The van der Waals surface area contributed by atoms with E-state index in [1.807, 2.05) is 12.1 Å². The molecule has 1 saturated heterocycles. The van der Waals surface area contributed by atoms with Crippen molar-refractivity contribution < 1.29 is 0 Å². The average molecular weight is 223 g/mol. The summed E-state index contributed by atoms with van der Waals surface area (Å²) in [7, 11) is 0. The smallest absolute Gasteiger partial charge is 0.0642 e. The van der Waals surface area contributed by atoms with Crippen molar-refractivity contribution in [2.45, 2.75) is 31.3 Å². The van der Waals surface area contributed by atoms with Gasteiger partial charge >= 0.3 is 0 Å². The van der Waals surface area contributed by atoms with Crippen LogP contribution >= 0.6 is 11.6 Å². The number of hydrogen-bond donors (Lipinski definition) is 1. The number of hydrogen-bond acceptors (Lipinski definition) is 2. The zero-order valence-corrected chi connectivity index (χ0v) is 9.37. The van der Waals surface area contributed by atoms with Crippen molar-refractivity contribution in [3.05, 3.63) is 28.8 Å². The molecule has 0 amide bonds. The van der Waals surface area contributed by atoms with Crippen molar-refractivity contribution >= 4 is 17.3 Å². The minimum absolute atomic E-state index is 0.309. The number of anilines is 1. The molecule has 0 saturated carbocycles. The van der Waals surface area contributed by atoms with Crippen LogP contribution in [0.1, 0.15) is 18.4 Å². The van der Waals surface area contributed by atoms with E-state index in [4.69, 9.17) is 17.3 Å². The second-order valence-corrected chi connectivity index (χ2v) is 5.00. The van der Waals surface area contributed by atoms with Gasteiger partial charge in [0.2, 0.25) is 0 Å². The zero-order valence-electron chi connectivity index (χ0n) is 8.62. The zero-order chi connectivity index (χ0) is 10.4. The van der Waals surface area contributed by atoms with E-state index in [-0.39, 0.29) is 0 Å². The first kappa shape index (κ1) is 9.49. The van der Waals surface area contributed by atoms with Crippen LogP contribution in [0.2, 0.25) is 5.02 Å². The van der Waals surface area contributed by atoms with Gasteiger partial charge in [0, 0.05) is 18.6 Å². The van der Waals surface area contributed by atoms with Crippen molar-refractivity contribution in [1.82, 2.24) is 0 Å². The van der Waals surface area contributed by atoms with Crippen LogP contribution in [-0.4, -0.2) is 18.6 Å². The van der Waals surface area contributed by atoms with Gasteiger partial charge < -0.3 is 10.6 Å². The molecule has 2 unspecified atom stereocenters. The Balaban J connectivity index is 2.02. The number of fused-ring (bicyclic) bond motifs is 3. The molecule has 1 aromatic rings. The van der Waals surface area contributed by atoms with E-state index in [1.54, 1.807) is 0 Å². The van der Waals surface area contributed by atoms with Gasteiger partial charge in [0.25, 0.3) is 0 Å². The van der Waals surface area contributed by atoms with Crippen molar-refractivity contribution in [3.63, 3.8) is 0 Å². The van der Waals surface area contributed by atoms with Crippen molar-refractivity contribution in [2.75, 3.05) is 11.4 Å². The molecule has 0 radical (unpaired) electrons. The van der Waals surface area contributed by atoms with Crippen molar-refractivity contribution in [1.29, 1.82) is 0 Å². The number of para-hydroxylation sites is 1. The number of piperidine rings is 1. The number of nitrogens with two attached hydrogens (primary N) is 1. The Bertz CT molecular complexity index is 391. The highest BCUT2D eigenvalue weighted by Gasteiger charge is 2.34. The van der Waals surface area contributed by atoms with E-state index >= 15 is 0 Å². The molecule has 2 nitrogen and oxygen atoms in total. The first-order valence-corrected chi connectivity index (χ1v) is 5.93. The van der Waals surface area contributed by atoms with Crippen LogP contribution in [0.15, 0.2) is 18.2 Å². The van der Waals surface area contributed by atoms with Crippen molar-refractivity contribution in [2.24, 2.45) is 5.73 Å². The molecule has 1 fully saturated rings. The fraction of sp³-hybridized carbons (Fsp3) is 0.500. The molecule has 2 aliphatic heterocycles. The fourth-order valence-corrected chi connectivity index (χ4v) is 3.14. The molecular formula is C12H15ClN2. The van der Waals surface area contributed by atoms with Crippen LogP contribution in [0.25, 0.3) is 0 Å². The Hall–Kier alpha value is -0.730. The van der Waals surface area contributed by atoms with Gasteiger partial charge in [0.05, 0.1) is 10.7 Å². The summed E-state index contributed by atoms with van der Waals surface area (Å²) in [5.74, 6) is 0. The number of halogens is 1. The third-order valence-electron chi connectivity index (χ3n) is 3.56. The Labute approximate surface area is 95.0 Å². The van der Waals surface area contributed by atoms with E-state index in [2.05, 4.69) is 11.0 Å². The molecule has 0 bridgehead atoms.